The van der Waals surface area contributed by atoms with Crippen LogP contribution < -0.4 is 0 Å². The number of carbonyl (C=O) groups excluding carboxylic acids is 1. The molecule has 0 heterocycles. The fourth-order valence-corrected chi connectivity index (χ4v) is 4.21. The van der Waals surface area contributed by atoms with Crippen LogP contribution in [-0.4, -0.2) is 25.1 Å². The smallest absolute Gasteiger partial charge is 0.307 e. The second-order valence-corrected chi connectivity index (χ2v) is 9.04. The van der Waals surface area contributed by atoms with Crippen LogP contribution in [0.15, 0.2) is 0 Å². The molecule has 0 aromatic rings. The highest BCUT2D eigenvalue weighted by Crippen LogP contribution is 2.49. The number of carbonyl (C=O) groups is 1. The lowest BCUT2D eigenvalue weighted by Gasteiger charge is -2.15. The summed E-state index contributed by atoms with van der Waals surface area (Å²) < 4.78 is 21.3. The van der Waals surface area contributed by atoms with Crippen molar-refractivity contribution in [3.63, 3.8) is 0 Å². The van der Waals surface area contributed by atoms with Gasteiger partial charge in [-0.2, -0.15) is 0 Å². The molecule has 1 unspecified atom stereocenters. The summed E-state index contributed by atoms with van der Waals surface area (Å²) in [6.45, 7) is 2.25. The molecule has 0 spiro atoms. The van der Waals surface area contributed by atoms with Gasteiger partial charge in [-0.1, -0.05) is 84.0 Å². The lowest BCUT2D eigenvalue weighted by molar-refractivity contribution is -0.113. The van der Waals surface area contributed by atoms with E-state index in [0.717, 1.165) is 12.8 Å². The first-order valence-corrected chi connectivity index (χ1v) is 11.4. The van der Waals surface area contributed by atoms with Gasteiger partial charge in [0.1, 0.15) is 5.38 Å². The third-order valence-corrected chi connectivity index (χ3v) is 6.71. The Balaban J connectivity index is 3.53. The van der Waals surface area contributed by atoms with Gasteiger partial charge in [-0.3, -0.25) is 9.36 Å². The van der Waals surface area contributed by atoms with Crippen LogP contribution in [0, 0.1) is 0 Å². The highest BCUT2D eigenvalue weighted by Gasteiger charge is 2.36. The zero-order valence-electron chi connectivity index (χ0n) is 15.7. The van der Waals surface area contributed by atoms with Crippen molar-refractivity contribution in [1.29, 1.82) is 0 Å². The number of unbranched alkanes of at least 4 members (excludes halogenated alkanes) is 11. The minimum absolute atomic E-state index is 0.522. The van der Waals surface area contributed by atoms with Crippen LogP contribution in [0.2, 0.25) is 0 Å². The Morgan fingerprint density at radius 2 is 1.21 bits per heavy atom. The van der Waals surface area contributed by atoms with Crippen LogP contribution in [0.25, 0.3) is 0 Å². The van der Waals surface area contributed by atoms with E-state index in [9.17, 15) is 9.36 Å². The van der Waals surface area contributed by atoms with E-state index in [4.69, 9.17) is 11.6 Å². The van der Waals surface area contributed by atoms with Gasteiger partial charge in [-0.15, -0.1) is 11.6 Å². The Morgan fingerprint density at radius 1 is 0.833 bits per heavy atom. The number of hydrogen-bond acceptors (Lipinski definition) is 4. The van der Waals surface area contributed by atoms with E-state index in [1.807, 2.05) is 0 Å². The third-order valence-electron chi connectivity index (χ3n) is 4.33. The molecule has 0 saturated heterocycles. The van der Waals surface area contributed by atoms with Crippen molar-refractivity contribution in [1.82, 2.24) is 0 Å². The molecule has 0 aliphatic rings. The SMILES string of the molecule is CCCCCCCCCCCCCCC(Cl)C(=O)P(=O)(OC)OC. The fraction of sp³-hybridized carbons (Fsp3) is 0.944. The Bertz CT molecular complexity index is 355. The highest BCUT2D eigenvalue weighted by atomic mass is 35.5. The van der Waals surface area contributed by atoms with E-state index in [1.165, 1.54) is 78.4 Å². The summed E-state index contributed by atoms with van der Waals surface area (Å²) in [5.41, 5.74) is -0.628. The van der Waals surface area contributed by atoms with Crippen molar-refractivity contribution in [2.24, 2.45) is 0 Å². The molecule has 0 saturated carbocycles. The molecule has 6 heteroatoms. The van der Waals surface area contributed by atoms with Gasteiger partial charge in [0.05, 0.1) is 0 Å². The second kappa shape index (κ2) is 15.4. The lowest BCUT2D eigenvalue weighted by atomic mass is 10.0. The molecule has 0 amide bonds. The number of hydrogen-bond donors (Lipinski definition) is 0. The highest BCUT2D eigenvalue weighted by molar-refractivity contribution is 7.72. The van der Waals surface area contributed by atoms with E-state index >= 15 is 0 Å². The largest absolute Gasteiger partial charge is 0.397 e. The van der Waals surface area contributed by atoms with Gasteiger partial charge in [0.25, 0.3) is 5.52 Å². The average molecular weight is 383 g/mol. The monoisotopic (exact) mass is 382 g/mol. The maximum absolute atomic E-state index is 11.9. The van der Waals surface area contributed by atoms with E-state index < -0.39 is 18.5 Å². The maximum Gasteiger partial charge on any atom is 0.397 e. The first-order chi connectivity index (χ1) is 11.5. The summed E-state index contributed by atoms with van der Waals surface area (Å²) >= 11 is 6.02. The quantitative estimate of drug-likeness (QED) is 0.159. The average Bonchev–Trinajstić information content (AvgIpc) is 2.61. The van der Waals surface area contributed by atoms with Gasteiger partial charge >= 0.3 is 7.60 Å². The summed E-state index contributed by atoms with van der Waals surface area (Å²) in [6, 6.07) is 0. The van der Waals surface area contributed by atoms with Gasteiger partial charge in [-0.05, 0) is 6.42 Å². The molecule has 0 N–H and O–H groups in total. The summed E-state index contributed by atoms with van der Waals surface area (Å²) in [5.74, 6) is 0. The van der Waals surface area contributed by atoms with E-state index in [-0.39, 0.29) is 0 Å². The molecule has 0 aromatic heterocycles. The van der Waals surface area contributed by atoms with Crippen LogP contribution in [-0.2, 0) is 18.4 Å². The molecule has 1 atom stereocenters. The standard InChI is InChI=1S/C18H36ClO4P/c1-4-5-6-7-8-9-10-11-12-13-14-15-16-17(19)18(20)24(21,22-2)23-3/h17H,4-16H2,1-3H3. The summed E-state index contributed by atoms with van der Waals surface area (Å²) in [7, 11) is -1.28. The van der Waals surface area contributed by atoms with E-state index in [2.05, 4.69) is 16.0 Å². The molecule has 24 heavy (non-hydrogen) atoms. The Morgan fingerprint density at radius 3 is 1.58 bits per heavy atom. The van der Waals surface area contributed by atoms with Crippen LogP contribution in [0.1, 0.15) is 90.4 Å². The van der Waals surface area contributed by atoms with Gasteiger partial charge in [0.2, 0.25) is 0 Å². The van der Waals surface area contributed by atoms with Crippen LogP contribution in [0.3, 0.4) is 0 Å². The van der Waals surface area contributed by atoms with Gasteiger partial charge in [0.15, 0.2) is 0 Å². The molecule has 0 fully saturated rings. The molecule has 4 nitrogen and oxygen atoms in total. The fourth-order valence-electron chi connectivity index (χ4n) is 2.71. The van der Waals surface area contributed by atoms with E-state index in [1.54, 1.807) is 0 Å². The molecule has 0 radical (unpaired) electrons. The van der Waals surface area contributed by atoms with Gasteiger partial charge < -0.3 is 9.05 Å². The van der Waals surface area contributed by atoms with Crippen LogP contribution in [0.4, 0.5) is 0 Å². The van der Waals surface area contributed by atoms with E-state index in [0.29, 0.717) is 6.42 Å². The molecule has 0 aliphatic heterocycles. The molecule has 0 bridgehead atoms. The Kier molecular flexibility index (Phi) is 15.4. The minimum atomic E-state index is -3.68. The maximum atomic E-state index is 11.9. The molecule has 0 aliphatic carbocycles. The number of alkyl halides is 1. The zero-order chi connectivity index (χ0) is 18.3. The molecular weight excluding hydrogens is 347 g/mol. The van der Waals surface area contributed by atoms with Crippen molar-refractivity contribution in [2.45, 2.75) is 95.8 Å². The summed E-state index contributed by atoms with van der Waals surface area (Å²) in [6.07, 6.45) is 15.6. The minimum Gasteiger partial charge on any atom is -0.307 e. The molecule has 144 valence electrons. The van der Waals surface area contributed by atoms with Crippen molar-refractivity contribution < 1.29 is 18.4 Å². The summed E-state index contributed by atoms with van der Waals surface area (Å²) in [4.78, 5) is 11.9. The Hall–Kier alpha value is 0.110. The Labute approximate surface area is 153 Å². The number of rotatable bonds is 17. The second-order valence-electron chi connectivity index (χ2n) is 6.35. The van der Waals surface area contributed by atoms with Gasteiger partial charge in [0, 0.05) is 14.2 Å². The topological polar surface area (TPSA) is 52.6 Å². The predicted octanol–water partition coefficient (Wildman–Crippen LogP) is 6.70. The predicted molar refractivity (Wildman–Crippen MR) is 102 cm³/mol. The third kappa shape index (κ3) is 10.9. The van der Waals surface area contributed by atoms with Crippen molar-refractivity contribution in [3.05, 3.63) is 0 Å². The number of halogens is 1. The summed E-state index contributed by atoms with van der Waals surface area (Å²) in [5, 5.41) is -0.793. The molecular formula is C18H36ClO4P. The normalized spacial score (nSPS) is 13.2. The van der Waals surface area contributed by atoms with Crippen LogP contribution in [0.5, 0.6) is 0 Å². The molecule has 0 rings (SSSR count). The molecule has 0 aromatic carbocycles. The lowest BCUT2D eigenvalue weighted by Crippen LogP contribution is -2.16. The van der Waals surface area contributed by atoms with Gasteiger partial charge in [-0.25, -0.2) is 0 Å². The van der Waals surface area contributed by atoms with Crippen LogP contribution >= 0.6 is 19.2 Å². The van der Waals surface area contributed by atoms with Crippen molar-refractivity contribution in [2.75, 3.05) is 14.2 Å². The van der Waals surface area contributed by atoms with Crippen molar-refractivity contribution in [3.8, 4) is 0 Å². The van der Waals surface area contributed by atoms with Crippen molar-refractivity contribution >= 4 is 24.7 Å². The zero-order valence-corrected chi connectivity index (χ0v) is 17.4. The first kappa shape index (κ1) is 24.1. The first-order valence-electron chi connectivity index (χ1n) is 9.41.